The molecule has 0 aliphatic carbocycles. The van der Waals surface area contributed by atoms with E-state index in [-0.39, 0.29) is 0 Å². The van der Waals surface area contributed by atoms with Crippen molar-refractivity contribution in [1.29, 1.82) is 0 Å². The van der Waals surface area contributed by atoms with E-state index < -0.39 is 11.7 Å². The molecule has 3 nitrogen and oxygen atoms in total. The van der Waals surface area contributed by atoms with Crippen molar-refractivity contribution < 1.29 is 9.59 Å². The number of carbonyl (C=O) groups is 2. The smallest absolute Gasteiger partial charge is 0.299 e. The monoisotopic (exact) mass is 289 g/mol. The summed E-state index contributed by atoms with van der Waals surface area (Å²) in [6, 6.07) is 9.41. The Morgan fingerprint density at radius 2 is 1.82 bits per heavy atom. The van der Waals surface area contributed by atoms with Gasteiger partial charge in [0.05, 0.1) is 11.3 Å². The van der Waals surface area contributed by atoms with Gasteiger partial charge in [-0.25, -0.2) is 0 Å². The summed E-state index contributed by atoms with van der Waals surface area (Å²) in [7, 11) is 1.63. The van der Waals surface area contributed by atoms with Crippen LogP contribution in [0.1, 0.15) is 10.4 Å². The summed E-state index contributed by atoms with van der Waals surface area (Å²) in [5, 5.41) is 1.93. The summed E-state index contributed by atoms with van der Waals surface area (Å²) in [6.45, 7) is 0. The van der Waals surface area contributed by atoms with E-state index in [2.05, 4.69) is 15.9 Å². The lowest BCUT2D eigenvalue weighted by molar-refractivity contribution is -0.114. The first-order chi connectivity index (χ1) is 8.09. The van der Waals surface area contributed by atoms with Crippen molar-refractivity contribution in [3.63, 3.8) is 0 Å². The minimum atomic E-state index is -0.465. The minimum absolute atomic E-state index is 0.427. The molecule has 0 fully saturated rings. The van der Waals surface area contributed by atoms with E-state index in [9.17, 15) is 9.59 Å². The number of hydrogen-bond donors (Lipinski definition) is 0. The zero-order valence-electron chi connectivity index (χ0n) is 9.03. The highest BCUT2D eigenvalue weighted by Crippen LogP contribution is 2.36. The number of anilines is 1. The van der Waals surface area contributed by atoms with Crippen LogP contribution in [0.25, 0.3) is 10.8 Å². The third-order valence-electron chi connectivity index (χ3n) is 3.03. The molecule has 3 rings (SSSR count). The highest BCUT2D eigenvalue weighted by Gasteiger charge is 2.34. The standard InChI is InChI=1S/C13H8BrNO2/c1-15-11-9(12(16)13(15)17)5-3-7-2-4-8(14)6-10(7)11/h2-6H,1H3. The maximum Gasteiger partial charge on any atom is 0.299 e. The summed E-state index contributed by atoms with van der Waals surface area (Å²) < 4.78 is 0.929. The van der Waals surface area contributed by atoms with Crippen LogP contribution in [-0.4, -0.2) is 18.7 Å². The molecule has 1 heterocycles. The van der Waals surface area contributed by atoms with Gasteiger partial charge in [-0.3, -0.25) is 9.59 Å². The molecule has 84 valence electrons. The molecule has 2 aromatic rings. The molecular weight excluding hydrogens is 282 g/mol. The van der Waals surface area contributed by atoms with Gasteiger partial charge in [-0.2, -0.15) is 0 Å². The predicted molar refractivity (Wildman–Crippen MR) is 69.4 cm³/mol. The molecule has 4 heteroatoms. The highest BCUT2D eigenvalue weighted by atomic mass is 79.9. The number of Topliss-reactive ketones (excluding diaryl/α,β-unsaturated/α-hetero) is 1. The van der Waals surface area contributed by atoms with Crippen LogP contribution in [0.3, 0.4) is 0 Å². The molecule has 1 aliphatic rings. The lowest BCUT2D eigenvalue weighted by Crippen LogP contribution is -2.24. The van der Waals surface area contributed by atoms with Gasteiger partial charge in [0.1, 0.15) is 0 Å². The van der Waals surface area contributed by atoms with E-state index in [0.717, 1.165) is 15.2 Å². The highest BCUT2D eigenvalue weighted by molar-refractivity contribution is 9.10. The van der Waals surface area contributed by atoms with Gasteiger partial charge in [0, 0.05) is 16.9 Å². The van der Waals surface area contributed by atoms with Crippen LogP contribution in [0.15, 0.2) is 34.8 Å². The Hall–Kier alpha value is -1.68. The Balaban J connectivity index is 2.45. The number of hydrogen-bond acceptors (Lipinski definition) is 2. The maximum atomic E-state index is 11.7. The third kappa shape index (κ3) is 1.34. The number of benzene rings is 2. The molecular formula is C13H8BrNO2. The van der Waals surface area contributed by atoms with Crippen molar-refractivity contribution >= 4 is 44.1 Å². The summed E-state index contributed by atoms with van der Waals surface area (Å²) in [4.78, 5) is 24.8. The maximum absolute atomic E-state index is 11.7. The van der Waals surface area contributed by atoms with Crippen molar-refractivity contribution in [2.45, 2.75) is 0 Å². The van der Waals surface area contributed by atoms with Gasteiger partial charge < -0.3 is 4.90 Å². The molecule has 1 amide bonds. The number of halogens is 1. The molecule has 0 saturated carbocycles. The molecule has 0 N–H and O–H groups in total. The van der Waals surface area contributed by atoms with Crippen LogP contribution in [0, 0.1) is 0 Å². The topological polar surface area (TPSA) is 37.4 Å². The Labute approximate surface area is 106 Å². The van der Waals surface area contributed by atoms with E-state index in [1.807, 2.05) is 24.3 Å². The van der Waals surface area contributed by atoms with Crippen LogP contribution in [0.4, 0.5) is 5.69 Å². The molecule has 0 aromatic heterocycles. The molecule has 2 aromatic carbocycles. The summed E-state index contributed by atoms with van der Waals surface area (Å²) in [5.74, 6) is -0.892. The van der Waals surface area contributed by atoms with E-state index >= 15 is 0 Å². The molecule has 17 heavy (non-hydrogen) atoms. The number of likely N-dealkylation sites (N-methyl/N-ethyl adjacent to an activating group) is 1. The van der Waals surface area contributed by atoms with Crippen LogP contribution >= 0.6 is 15.9 Å². The molecule has 0 saturated heterocycles. The molecule has 1 aliphatic heterocycles. The van der Waals surface area contributed by atoms with E-state index in [4.69, 9.17) is 0 Å². The van der Waals surface area contributed by atoms with Crippen LogP contribution < -0.4 is 4.90 Å². The van der Waals surface area contributed by atoms with Crippen molar-refractivity contribution in [2.75, 3.05) is 11.9 Å². The number of ketones is 1. The van der Waals surface area contributed by atoms with Crippen LogP contribution in [-0.2, 0) is 4.79 Å². The fourth-order valence-electron chi connectivity index (χ4n) is 2.19. The second kappa shape index (κ2) is 3.40. The number of fused-ring (bicyclic) bond motifs is 3. The summed E-state index contributed by atoms with van der Waals surface area (Å²) in [5.41, 5.74) is 1.20. The molecule has 0 bridgehead atoms. The normalized spacial score (nSPS) is 14.6. The Morgan fingerprint density at radius 1 is 1.12 bits per heavy atom. The largest absolute Gasteiger partial charge is 0.307 e. The van der Waals surface area contributed by atoms with Crippen LogP contribution in [0.2, 0.25) is 0 Å². The Bertz CT molecular complexity index is 678. The van der Waals surface area contributed by atoms with Crippen molar-refractivity contribution in [3.8, 4) is 0 Å². The summed E-state index contributed by atoms with van der Waals surface area (Å²) in [6.07, 6.45) is 0. The van der Waals surface area contributed by atoms with Gasteiger partial charge in [-0.1, -0.05) is 28.1 Å². The fourth-order valence-corrected chi connectivity index (χ4v) is 2.55. The van der Waals surface area contributed by atoms with Crippen molar-refractivity contribution in [3.05, 3.63) is 40.4 Å². The minimum Gasteiger partial charge on any atom is -0.307 e. The van der Waals surface area contributed by atoms with Gasteiger partial charge in [-0.05, 0) is 23.6 Å². The first-order valence-electron chi connectivity index (χ1n) is 5.14. The van der Waals surface area contributed by atoms with E-state index in [1.165, 1.54) is 4.90 Å². The first kappa shape index (κ1) is 10.5. The second-order valence-electron chi connectivity index (χ2n) is 4.02. The SMILES string of the molecule is CN1C(=O)C(=O)c2ccc3ccc(Br)cc3c21. The number of carbonyl (C=O) groups excluding carboxylic acids is 2. The van der Waals surface area contributed by atoms with Gasteiger partial charge in [0.2, 0.25) is 0 Å². The van der Waals surface area contributed by atoms with Gasteiger partial charge in [0.15, 0.2) is 0 Å². The molecule has 0 unspecified atom stereocenters. The lowest BCUT2D eigenvalue weighted by Gasteiger charge is -2.12. The zero-order chi connectivity index (χ0) is 12.2. The quantitative estimate of drug-likeness (QED) is 0.700. The van der Waals surface area contributed by atoms with E-state index in [0.29, 0.717) is 11.3 Å². The Morgan fingerprint density at radius 3 is 2.59 bits per heavy atom. The number of rotatable bonds is 0. The van der Waals surface area contributed by atoms with Crippen molar-refractivity contribution in [1.82, 2.24) is 0 Å². The van der Waals surface area contributed by atoms with Crippen LogP contribution in [0.5, 0.6) is 0 Å². The zero-order valence-corrected chi connectivity index (χ0v) is 10.6. The second-order valence-corrected chi connectivity index (χ2v) is 4.94. The van der Waals surface area contributed by atoms with Crippen molar-refractivity contribution in [2.24, 2.45) is 0 Å². The third-order valence-corrected chi connectivity index (χ3v) is 3.53. The Kier molecular flexibility index (Phi) is 2.10. The van der Waals surface area contributed by atoms with E-state index in [1.54, 1.807) is 13.1 Å². The average Bonchev–Trinajstić information content (AvgIpc) is 2.54. The lowest BCUT2D eigenvalue weighted by atomic mass is 10.0. The van der Waals surface area contributed by atoms with Gasteiger partial charge in [-0.15, -0.1) is 0 Å². The fraction of sp³-hybridized carbons (Fsp3) is 0.0769. The average molecular weight is 290 g/mol. The van der Waals surface area contributed by atoms with Gasteiger partial charge >= 0.3 is 0 Å². The molecule has 0 spiro atoms. The predicted octanol–water partition coefficient (Wildman–Crippen LogP) is 2.76. The summed E-state index contributed by atoms with van der Waals surface area (Å²) >= 11 is 3.40. The number of amides is 1. The van der Waals surface area contributed by atoms with Gasteiger partial charge in [0.25, 0.3) is 11.7 Å². The number of nitrogens with zero attached hydrogens (tertiary/aromatic N) is 1. The molecule has 0 atom stereocenters. The first-order valence-corrected chi connectivity index (χ1v) is 5.93. The molecule has 0 radical (unpaired) electrons.